The maximum absolute atomic E-state index is 12.6. The summed E-state index contributed by atoms with van der Waals surface area (Å²) in [5.41, 5.74) is 0.556. The summed E-state index contributed by atoms with van der Waals surface area (Å²) in [6.45, 7) is 0. The monoisotopic (exact) mass is 278 g/mol. The van der Waals surface area contributed by atoms with E-state index in [-0.39, 0.29) is 10.8 Å². The molecular weight excluding hydrogens is 268 g/mol. The summed E-state index contributed by atoms with van der Waals surface area (Å²) in [6.07, 6.45) is 1.60. The number of nitrogens with zero attached hydrogens (tertiary/aromatic N) is 2. The fourth-order valence-corrected chi connectivity index (χ4v) is 2.63. The average molecular weight is 278 g/mol. The van der Waals surface area contributed by atoms with Crippen molar-refractivity contribution in [3.05, 3.63) is 63.2 Å². The second-order valence-corrected chi connectivity index (χ2v) is 4.87. The molecule has 21 heavy (non-hydrogen) atoms. The third-order valence-corrected chi connectivity index (χ3v) is 3.67. The van der Waals surface area contributed by atoms with Gasteiger partial charge in [-0.2, -0.15) is 0 Å². The predicted octanol–water partition coefficient (Wildman–Crippen LogP) is 2.19. The van der Waals surface area contributed by atoms with Crippen molar-refractivity contribution in [3.63, 3.8) is 0 Å². The van der Waals surface area contributed by atoms with Crippen LogP contribution in [-0.2, 0) is 7.05 Å². The average Bonchev–Trinajstić information content (AvgIpc) is 2.52. The molecule has 0 spiro atoms. The van der Waals surface area contributed by atoms with Gasteiger partial charge in [0, 0.05) is 13.2 Å². The topological polar surface area (TPSA) is 65.1 Å². The van der Waals surface area contributed by atoms with Crippen LogP contribution in [0.25, 0.3) is 33.0 Å². The van der Waals surface area contributed by atoms with Crippen LogP contribution in [0.15, 0.2) is 56.6 Å². The highest BCUT2D eigenvalue weighted by molar-refractivity contribution is 6.03. The Hall–Kier alpha value is -2.95. The Balaban J connectivity index is 2.46. The molecule has 0 atom stereocenters. The lowest BCUT2D eigenvalue weighted by Crippen LogP contribution is -2.23. The number of aryl methyl sites for hydroxylation is 1. The first kappa shape index (κ1) is 11.8. The van der Waals surface area contributed by atoms with Crippen LogP contribution in [0.3, 0.4) is 0 Å². The first-order valence-corrected chi connectivity index (χ1v) is 6.48. The Bertz CT molecular complexity index is 1140. The van der Waals surface area contributed by atoms with Gasteiger partial charge >= 0.3 is 0 Å². The second kappa shape index (κ2) is 4.02. The molecule has 0 aliphatic heterocycles. The van der Waals surface area contributed by atoms with E-state index in [0.29, 0.717) is 27.6 Å². The highest BCUT2D eigenvalue weighted by atomic mass is 16.3. The number of benzene rings is 1. The molecule has 5 nitrogen and oxygen atoms in total. The van der Waals surface area contributed by atoms with Crippen molar-refractivity contribution in [2.45, 2.75) is 0 Å². The Kier molecular flexibility index (Phi) is 2.27. The van der Waals surface area contributed by atoms with Crippen LogP contribution in [0.4, 0.5) is 0 Å². The summed E-state index contributed by atoms with van der Waals surface area (Å²) in [6, 6.07) is 10.5. The molecule has 0 unspecified atom stereocenters. The Morgan fingerprint density at radius 2 is 1.81 bits per heavy atom. The van der Waals surface area contributed by atoms with E-state index in [1.165, 1.54) is 4.57 Å². The van der Waals surface area contributed by atoms with E-state index >= 15 is 0 Å². The number of para-hydroxylation sites is 1. The number of hydrogen-bond acceptors (Lipinski definition) is 4. The van der Waals surface area contributed by atoms with Gasteiger partial charge in [-0.3, -0.25) is 14.2 Å². The van der Waals surface area contributed by atoms with Crippen LogP contribution in [0, 0.1) is 0 Å². The van der Waals surface area contributed by atoms with E-state index in [2.05, 4.69) is 4.98 Å². The van der Waals surface area contributed by atoms with Gasteiger partial charge in [0.15, 0.2) is 5.58 Å². The molecule has 0 fully saturated rings. The van der Waals surface area contributed by atoms with Crippen molar-refractivity contribution >= 4 is 33.0 Å². The highest BCUT2D eigenvalue weighted by Crippen LogP contribution is 2.22. The molecule has 0 saturated heterocycles. The van der Waals surface area contributed by atoms with Crippen molar-refractivity contribution in [2.24, 2.45) is 7.05 Å². The fourth-order valence-electron chi connectivity index (χ4n) is 2.63. The van der Waals surface area contributed by atoms with Gasteiger partial charge in [-0.1, -0.05) is 12.1 Å². The van der Waals surface area contributed by atoms with Crippen molar-refractivity contribution in [1.82, 2.24) is 9.55 Å². The lowest BCUT2D eigenvalue weighted by molar-refractivity contribution is 0.661. The molecule has 0 aliphatic rings. The normalized spacial score (nSPS) is 11.5. The molecule has 4 rings (SSSR count). The standard InChI is InChI=1S/C16H10N2O3/c1-18-15-10(6-4-8-17-15)14-12(16(18)20)13(19)9-5-2-3-7-11(9)21-14/h2-8H,1H3. The second-order valence-electron chi connectivity index (χ2n) is 4.87. The fraction of sp³-hybridized carbons (Fsp3) is 0.0625. The van der Waals surface area contributed by atoms with Gasteiger partial charge in [0.1, 0.15) is 16.6 Å². The van der Waals surface area contributed by atoms with Crippen LogP contribution >= 0.6 is 0 Å². The first-order valence-electron chi connectivity index (χ1n) is 6.48. The van der Waals surface area contributed by atoms with Crippen molar-refractivity contribution in [3.8, 4) is 0 Å². The predicted molar refractivity (Wildman–Crippen MR) is 80.5 cm³/mol. The molecule has 4 aromatic rings. The van der Waals surface area contributed by atoms with Gasteiger partial charge in [-0.15, -0.1) is 0 Å². The summed E-state index contributed by atoms with van der Waals surface area (Å²) < 4.78 is 7.20. The lowest BCUT2D eigenvalue weighted by atomic mass is 10.1. The maximum atomic E-state index is 12.6. The summed E-state index contributed by atoms with van der Waals surface area (Å²) in [4.78, 5) is 29.3. The van der Waals surface area contributed by atoms with E-state index < -0.39 is 5.56 Å². The molecule has 0 N–H and O–H groups in total. The van der Waals surface area contributed by atoms with Crippen LogP contribution < -0.4 is 11.0 Å². The zero-order chi connectivity index (χ0) is 14.6. The van der Waals surface area contributed by atoms with Gasteiger partial charge in [0.25, 0.3) is 5.56 Å². The minimum absolute atomic E-state index is 0.0664. The van der Waals surface area contributed by atoms with Gasteiger partial charge in [0.2, 0.25) is 5.43 Å². The number of rotatable bonds is 0. The third-order valence-electron chi connectivity index (χ3n) is 3.67. The first-order chi connectivity index (χ1) is 10.2. The van der Waals surface area contributed by atoms with Crippen LogP contribution in [0.2, 0.25) is 0 Å². The van der Waals surface area contributed by atoms with Crippen LogP contribution in [-0.4, -0.2) is 9.55 Å². The summed E-state index contributed by atoms with van der Waals surface area (Å²) in [5.74, 6) is 0. The smallest absolute Gasteiger partial charge is 0.267 e. The Morgan fingerprint density at radius 1 is 1.05 bits per heavy atom. The molecule has 102 valence electrons. The molecule has 0 bridgehead atoms. The van der Waals surface area contributed by atoms with E-state index in [9.17, 15) is 9.59 Å². The molecule has 1 aromatic carbocycles. The summed E-state index contributed by atoms with van der Waals surface area (Å²) >= 11 is 0. The molecule has 0 radical (unpaired) electrons. The Morgan fingerprint density at radius 3 is 2.67 bits per heavy atom. The largest absolute Gasteiger partial charge is 0.455 e. The van der Waals surface area contributed by atoms with Crippen molar-refractivity contribution in [2.75, 3.05) is 0 Å². The van der Waals surface area contributed by atoms with E-state index in [0.717, 1.165) is 0 Å². The zero-order valence-electron chi connectivity index (χ0n) is 11.2. The van der Waals surface area contributed by atoms with Crippen molar-refractivity contribution in [1.29, 1.82) is 0 Å². The van der Waals surface area contributed by atoms with Gasteiger partial charge < -0.3 is 4.42 Å². The lowest BCUT2D eigenvalue weighted by Gasteiger charge is -2.07. The molecule has 5 heteroatoms. The van der Waals surface area contributed by atoms with Gasteiger partial charge in [-0.05, 0) is 24.3 Å². The minimum atomic E-state index is -0.393. The zero-order valence-corrected chi connectivity index (χ0v) is 11.2. The van der Waals surface area contributed by atoms with E-state index in [4.69, 9.17) is 4.42 Å². The number of hydrogen-bond donors (Lipinski definition) is 0. The molecule has 3 heterocycles. The Labute approximate surface area is 118 Å². The highest BCUT2D eigenvalue weighted by Gasteiger charge is 2.16. The summed E-state index contributed by atoms with van der Waals surface area (Å²) in [7, 11) is 1.60. The van der Waals surface area contributed by atoms with Gasteiger partial charge in [-0.25, -0.2) is 4.98 Å². The molecule has 0 amide bonds. The van der Waals surface area contributed by atoms with Crippen molar-refractivity contribution < 1.29 is 4.42 Å². The number of pyridine rings is 2. The van der Waals surface area contributed by atoms with Gasteiger partial charge in [0.05, 0.1) is 10.8 Å². The third kappa shape index (κ3) is 1.48. The SMILES string of the molecule is Cn1c(=O)c2c(=O)c3ccccc3oc2c2cccnc21. The van der Waals surface area contributed by atoms with E-state index in [1.54, 1.807) is 49.6 Å². The quantitative estimate of drug-likeness (QED) is 0.365. The summed E-state index contributed by atoms with van der Waals surface area (Å²) in [5, 5.41) is 1.12. The van der Waals surface area contributed by atoms with Crippen LogP contribution in [0.5, 0.6) is 0 Å². The van der Waals surface area contributed by atoms with E-state index in [1.807, 2.05) is 0 Å². The number of fused-ring (bicyclic) bond motifs is 4. The van der Waals surface area contributed by atoms with Crippen LogP contribution in [0.1, 0.15) is 0 Å². The molecule has 0 aliphatic carbocycles. The molecular formula is C16H10N2O3. The maximum Gasteiger partial charge on any atom is 0.267 e. The molecule has 0 saturated carbocycles. The molecule has 3 aromatic heterocycles. The number of aromatic nitrogens is 2. The minimum Gasteiger partial charge on any atom is -0.455 e.